The standard InChI is InChI=1S/C17H24F3NO2/c18-17(19,20)16-6-2-1-5-14(16)8-7-13-4-3-9-21(10-13)15(11-22)12-23/h1-2,5-6,13,15,22-23H,3-4,7-12H2. The molecule has 1 aromatic rings. The predicted octanol–water partition coefficient (Wildman–Crippen LogP) is 2.70. The molecule has 2 N–H and O–H groups in total. The fraction of sp³-hybridized carbons (Fsp3) is 0.647. The zero-order valence-corrected chi connectivity index (χ0v) is 13.1. The molecule has 1 saturated heterocycles. The lowest BCUT2D eigenvalue weighted by atomic mass is 9.90. The number of likely N-dealkylation sites (tertiary alicyclic amines) is 1. The van der Waals surface area contributed by atoms with Crippen molar-refractivity contribution in [3.05, 3.63) is 35.4 Å². The first kappa shape index (κ1) is 18.2. The number of rotatable bonds is 6. The number of aryl methyl sites for hydroxylation is 1. The van der Waals surface area contributed by atoms with Gasteiger partial charge in [-0.1, -0.05) is 18.2 Å². The van der Waals surface area contributed by atoms with Gasteiger partial charge < -0.3 is 10.2 Å². The maximum Gasteiger partial charge on any atom is 0.416 e. The molecule has 6 heteroatoms. The van der Waals surface area contributed by atoms with E-state index in [1.807, 2.05) is 4.90 Å². The van der Waals surface area contributed by atoms with Crippen molar-refractivity contribution >= 4 is 0 Å². The average Bonchev–Trinajstić information content (AvgIpc) is 2.54. The van der Waals surface area contributed by atoms with Gasteiger partial charge in [0.25, 0.3) is 0 Å². The van der Waals surface area contributed by atoms with Gasteiger partial charge in [-0.05, 0) is 49.8 Å². The molecule has 3 nitrogen and oxygen atoms in total. The van der Waals surface area contributed by atoms with Gasteiger partial charge >= 0.3 is 6.18 Å². The summed E-state index contributed by atoms with van der Waals surface area (Å²) in [5.41, 5.74) is -0.200. The second-order valence-electron chi connectivity index (χ2n) is 6.22. The summed E-state index contributed by atoms with van der Waals surface area (Å²) in [6.07, 6.45) is -1.30. The number of nitrogens with zero attached hydrogens (tertiary/aromatic N) is 1. The highest BCUT2D eigenvalue weighted by atomic mass is 19.4. The van der Waals surface area contributed by atoms with Crippen LogP contribution in [0.4, 0.5) is 13.2 Å². The molecule has 1 heterocycles. The van der Waals surface area contributed by atoms with Crippen LogP contribution in [0.1, 0.15) is 30.4 Å². The van der Waals surface area contributed by atoms with Gasteiger partial charge in [0.15, 0.2) is 0 Å². The van der Waals surface area contributed by atoms with Gasteiger partial charge in [0.05, 0.1) is 24.8 Å². The third kappa shape index (κ3) is 4.93. The summed E-state index contributed by atoms with van der Waals surface area (Å²) in [6.45, 7) is 1.35. The third-order valence-corrected chi connectivity index (χ3v) is 4.63. The van der Waals surface area contributed by atoms with E-state index in [1.165, 1.54) is 6.07 Å². The first-order chi connectivity index (χ1) is 11.0. The molecule has 2 rings (SSSR count). The van der Waals surface area contributed by atoms with Gasteiger partial charge in [0.1, 0.15) is 0 Å². The minimum absolute atomic E-state index is 0.0971. The third-order valence-electron chi connectivity index (χ3n) is 4.63. The van der Waals surface area contributed by atoms with E-state index in [2.05, 4.69) is 0 Å². The minimum atomic E-state index is -4.31. The van der Waals surface area contributed by atoms with Crippen molar-refractivity contribution in [1.29, 1.82) is 0 Å². The molecule has 0 aromatic heterocycles. The van der Waals surface area contributed by atoms with Crippen molar-refractivity contribution in [1.82, 2.24) is 4.90 Å². The highest BCUT2D eigenvalue weighted by molar-refractivity contribution is 5.29. The molecule has 23 heavy (non-hydrogen) atoms. The van der Waals surface area contributed by atoms with Crippen LogP contribution in [0.25, 0.3) is 0 Å². The summed E-state index contributed by atoms with van der Waals surface area (Å²) < 4.78 is 39.0. The van der Waals surface area contributed by atoms with Crippen LogP contribution in [-0.4, -0.2) is 47.5 Å². The number of hydrogen-bond donors (Lipinski definition) is 2. The molecule has 0 spiro atoms. The van der Waals surface area contributed by atoms with E-state index in [4.69, 9.17) is 0 Å². The highest BCUT2D eigenvalue weighted by Gasteiger charge is 2.33. The Kier molecular flexibility index (Phi) is 6.44. The average molecular weight is 331 g/mol. The smallest absolute Gasteiger partial charge is 0.395 e. The van der Waals surface area contributed by atoms with Crippen molar-refractivity contribution in [3.8, 4) is 0 Å². The van der Waals surface area contributed by atoms with E-state index < -0.39 is 11.7 Å². The summed E-state index contributed by atoms with van der Waals surface area (Å²) in [6, 6.07) is 5.48. The van der Waals surface area contributed by atoms with Gasteiger partial charge in [-0.25, -0.2) is 0 Å². The van der Waals surface area contributed by atoms with Crippen molar-refractivity contribution in [2.45, 2.75) is 37.9 Å². The molecule has 0 radical (unpaired) electrons. The monoisotopic (exact) mass is 331 g/mol. The number of hydrogen-bond acceptors (Lipinski definition) is 3. The molecule has 1 aliphatic rings. The van der Waals surface area contributed by atoms with Crippen LogP contribution in [0.5, 0.6) is 0 Å². The Labute approximate surface area is 134 Å². The van der Waals surface area contributed by atoms with E-state index in [1.54, 1.807) is 12.1 Å². The Morgan fingerprint density at radius 1 is 1.17 bits per heavy atom. The first-order valence-corrected chi connectivity index (χ1v) is 8.06. The Hall–Kier alpha value is -1.11. The van der Waals surface area contributed by atoms with Crippen LogP contribution >= 0.6 is 0 Å². The van der Waals surface area contributed by atoms with Crippen LogP contribution in [0.3, 0.4) is 0 Å². The van der Waals surface area contributed by atoms with Gasteiger partial charge in [0.2, 0.25) is 0 Å². The second-order valence-corrected chi connectivity index (χ2v) is 6.22. The summed E-state index contributed by atoms with van der Waals surface area (Å²) in [5, 5.41) is 18.5. The summed E-state index contributed by atoms with van der Waals surface area (Å²) in [4.78, 5) is 2.05. The maximum absolute atomic E-state index is 13.0. The molecule has 1 aliphatic heterocycles. The van der Waals surface area contributed by atoms with E-state index in [0.29, 0.717) is 24.3 Å². The summed E-state index contributed by atoms with van der Waals surface area (Å²) in [7, 11) is 0. The molecular formula is C17H24F3NO2. The van der Waals surface area contributed by atoms with Crippen LogP contribution in [0, 0.1) is 5.92 Å². The van der Waals surface area contributed by atoms with Crippen LogP contribution in [0.15, 0.2) is 24.3 Å². The zero-order chi connectivity index (χ0) is 16.9. The summed E-state index contributed by atoms with van der Waals surface area (Å²) >= 11 is 0. The van der Waals surface area contributed by atoms with Crippen LogP contribution < -0.4 is 0 Å². The lowest BCUT2D eigenvalue weighted by Gasteiger charge is -2.37. The molecule has 1 atom stereocenters. The molecule has 1 unspecified atom stereocenters. The number of benzene rings is 1. The van der Waals surface area contributed by atoms with Crippen LogP contribution in [-0.2, 0) is 12.6 Å². The molecule has 1 fully saturated rings. The number of aliphatic hydroxyl groups excluding tert-OH is 2. The zero-order valence-electron chi connectivity index (χ0n) is 13.1. The SMILES string of the molecule is OCC(CO)N1CCCC(CCc2ccccc2C(F)(F)F)C1. The normalized spacial score (nSPS) is 20.2. The fourth-order valence-electron chi connectivity index (χ4n) is 3.33. The highest BCUT2D eigenvalue weighted by Crippen LogP contribution is 2.33. The largest absolute Gasteiger partial charge is 0.416 e. The maximum atomic E-state index is 13.0. The lowest BCUT2D eigenvalue weighted by Crippen LogP contribution is -2.46. The number of alkyl halides is 3. The second kappa shape index (κ2) is 8.13. The van der Waals surface area contributed by atoms with Crippen molar-refractivity contribution in [3.63, 3.8) is 0 Å². The van der Waals surface area contributed by atoms with E-state index in [9.17, 15) is 23.4 Å². The van der Waals surface area contributed by atoms with Gasteiger partial charge in [-0.3, -0.25) is 4.90 Å². The number of halogens is 3. The minimum Gasteiger partial charge on any atom is -0.395 e. The lowest BCUT2D eigenvalue weighted by molar-refractivity contribution is -0.138. The molecule has 130 valence electrons. The quantitative estimate of drug-likeness (QED) is 0.842. The van der Waals surface area contributed by atoms with Gasteiger partial charge in [0, 0.05) is 6.54 Å². The fourth-order valence-corrected chi connectivity index (χ4v) is 3.33. The Morgan fingerprint density at radius 3 is 2.52 bits per heavy atom. The number of piperidine rings is 1. The Bertz CT molecular complexity index is 489. The number of aliphatic hydroxyl groups is 2. The molecule has 0 bridgehead atoms. The van der Waals surface area contributed by atoms with Crippen LogP contribution in [0.2, 0.25) is 0 Å². The van der Waals surface area contributed by atoms with Crippen molar-refractivity contribution < 1.29 is 23.4 Å². The Balaban J connectivity index is 1.96. The van der Waals surface area contributed by atoms with Gasteiger partial charge in [-0.15, -0.1) is 0 Å². The predicted molar refractivity (Wildman–Crippen MR) is 82.0 cm³/mol. The van der Waals surface area contributed by atoms with E-state index >= 15 is 0 Å². The Morgan fingerprint density at radius 2 is 1.87 bits per heavy atom. The van der Waals surface area contributed by atoms with E-state index in [0.717, 1.165) is 32.0 Å². The van der Waals surface area contributed by atoms with Crippen molar-refractivity contribution in [2.75, 3.05) is 26.3 Å². The van der Waals surface area contributed by atoms with Gasteiger partial charge in [-0.2, -0.15) is 13.2 Å². The molecule has 1 aromatic carbocycles. The molecule has 0 saturated carbocycles. The summed E-state index contributed by atoms with van der Waals surface area (Å²) in [5.74, 6) is 0.297. The van der Waals surface area contributed by atoms with Crippen molar-refractivity contribution in [2.24, 2.45) is 5.92 Å². The molecular weight excluding hydrogens is 307 g/mol. The topological polar surface area (TPSA) is 43.7 Å². The van der Waals surface area contributed by atoms with E-state index in [-0.39, 0.29) is 19.3 Å². The molecule has 0 aliphatic carbocycles. The first-order valence-electron chi connectivity index (χ1n) is 8.06. The molecule has 0 amide bonds.